The Morgan fingerprint density at radius 3 is 2.22 bits per heavy atom. The summed E-state index contributed by atoms with van der Waals surface area (Å²) in [5, 5.41) is 13.7. The Balaban J connectivity index is 1.39. The van der Waals surface area contributed by atoms with E-state index >= 15 is 0 Å². The van der Waals surface area contributed by atoms with Crippen LogP contribution >= 0.6 is 0 Å². The van der Waals surface area contributed by atoms with Gasteiger partial charge in [0.05, 0.1) is 20.0 Å². The summed E-state index contributed by atoms with van der Waals surface area (Å²) in [5.74, 6) is 0.915. The minimum atomic E-state index is -1.07. The highest BCUT2D eigenvalue weighted by molar-refractivity contribution is 5.72. The first-order valence-corrected chi connectivity index (χ1v) is 14.5. The van der Waals surface area contributed by atoms with Crippen molar-refractivity contribution in [1.29, 1.82) is 0 Å². The SMILES string of the molecule is COc1ccc(C(Nc2nc3c(ncn3[C@@H]3O[C@H](CO)[C@H]4OC(OC)O[C@]43C)c(=O)[nH]2)(c2ccccc2)c2ccccc2)cc1. The van der Waals surface area contributed by atoms with Gasteiger partial charge in [0.15, 0.2) is 17.4 Å². The molecule has 2 aromatic heterocycles. The van der Waals surface area contributed by atoms with Crippen molar-refractivity contribution in [1.82, 2.24) is 19.5 Å². The lowest BCUT2D eigenvalue weighted by molar-refractivity contribution is -0.269. The first-order valence-electron chi connectivity index (χ1n) is 14.5. The summed E-state index contributed by atoms with van der Waals surface area (Å²) in [6.45, 7) is 0.572. The van der Waals surface area contributed by atoms with Crippen LogP contribution in [0.15, 0.2) is 96.1 Å². The molecule has 12 heteroatoms. The van der Waals surface area contributed by atoms with Crippen LogP contribution in [0.3, 0.4) is 0 Å². The van der Waals surface area contributed by atoms with Crippen molar-refractivity contribution in [3.8, 4) is 5.75 Å². The highest BCUT2D eigenvalue weighted by atomic mass is 16.9. The maximum absolute atomic E-state index is 13.5. The molecule has 0 bridgehead atoms. The minimum absolute atomic E-state index is 0.119. The number of methoxy groups -OCH3 is 2. The lowest BCUT2D eigenvalue weighted by Crippen LogP contribution is -2.42. The monoisotopic (exact) mass is 611 g/mol. The molecule has 2 aliphatic rings. The van der Waals surface area contributed by atoms with Crippen LogP contribution in [0.5, 0.6) is 5.75 Å². The van der Waals surface area contributed by atoms with E-state index in [0.29, 0.717) is 5.75 Å². The molecule has 1 unspecified atom stereocenters. The second kappa shape index (κ2) is 11.4. The van der Waals surface area contributed by atoms with Gasteiger partial charge in [0.1, 0.15) is 29.1 Å². The Morgan fingerprint density at radius 2 is 1.62 bits per heavy atom. The Bertz CT molecular complexity index is 1810. The third-order valence-electron chi connectivity index (χ3n) is 8.60. The van der Waals surface area contributed by atoms with Crippen LogP contribution in [0.1, 0.15) is 29.8 Å². The summed E-state index contributed by atoms with van der Waals surface area (Å²) in [6.07, 6.45) is -0.677. The number of imidazole rings is 1. The molecule has 0 aliphatic carbocycles. The van der Waals surface area contributed by atoms with Gasteiger partial charge in [-0.3, -0.25) is 14.3 Å². The average molecular weight is 612 g/mol. The summed E-state index contributed by atoms with van der Waals surface area (Å²) in [7, 11) is 3.10. The van der Waals surface area contributed by atoms with E-state index in [2.05, 4.69) is 15.3 Å². The van der Waals surface area contributed by atoms with E-state index in [4.69, 9.17) is 28.7 Å². The molecule has 5 aromatic rings. The number of hydrogen-bond donors (Lipinski definition) is 3. The molecule has 232 valence electrons. The Morgan fingerprint density at radius 1 is 0.978 bits per heavy atom. The van der Waals surface area contributed by atoms with Crippen LogP contribution in [0.25, 0.3) is 11.2 Å². The van der Waals surface area contributed by atoms with Gasteiger partial charge in [0, 0.05) is 7.11 Å². The molecular weight excluding hydrogens is 578 g/mol. The van der Waals surface area contributed by atoms with Crippen molar-refractivity contribution < 1.29 is 28.8 Å². The molecular formula is C33H33N5O7. The fraction of sp³-hybridized carbons (Fsp3) is 0.303. The zero-order valence-corrected chi connectivity index (χ0v) is 24.9. The molecule has 0 radical (unpaired) electrons. The van der Waals surface area contributed by atoms with Gasteiger partial charge in [-0.1, -0.05) is 72.8 Å². The van der Waals surface area contributed by atoms with Crippen molar-refractivity contribution in [2.75, 3.05) is 26.1 Å². The number of nitrogens with one attached hydrogen (secondary N) is 2. The van der Waals surface area contributed by atoms with Gasteiger partial charge in [-0.05, 0) is 35.7 Å². The Hall–Kier alpha value is -4.59. The second-order valence-corrected chi connectivity index (χ2v) is 11.2. The maximum Gasteiger partial charge on any atom is 0.280 e. The smallest absolute Gasteiger partial charge is 0.280 e. The third kappa shape index (κ3) is 4.69. The molecule has 2 aliphatic heterocycles. The maximum atomic E-state index is 13.5. The molecule has 0 amide bonds. The third-order valence-corrected chi connectivity index (χ3v) is 8.60. The van der Waals surface area contributed by atoms with Crippen LogP contribution < -0.4 is 15.6 Å². The summed E-state index contributed by atoms with van der Waals surface area (Å²) < 4.78 is 30.6. The van der Waals surface area contributed by atoms with E-state index in [-0.39, 0.29) is 23.7 Å². The van der Waals surface area contributed by atoms with Crippen molar-refractivity contribution in [3.05, 3.63) is 118 Å². The first kappa shape index (κ1) is 29.1. The molecule has 0 spiro atoms. The highest BCUT2D eigenvalue weighted by Gasteiger charge is 2.62. The van der Waals surface area contributed by atoms with E-state index < -0.39 is 41.6 Å². The minimum Gasteiger partial charge on any atom is -0.497 e. The number of aliphatic hydroxyl groups excluding tert-OH is 1. The Kier molecular flexibility index (Phi) is 7.38. The lowest BCUT2D eigenvalue weighted by atomic mass is 9.77. The van der Waals surface area contributed by atoms with Gasteiger partial charge in [-0.2, -0.15) is 4.98 Å². The molecule has 2 fully saturated rings. The fourth-order valence-corrected chi connectivity index (χ4v) is 6.44. The zero-order chi connectivity index (χ0) is 31.2. The van der Waals surface area contributed by atoms with Crippen molar-refractivity contribution in [2.45, 2.75) is 43.0 Å². The predicted molar refractivity (Wildman–Crippen MR) is 164 cm³/mol. The van der Waals surface area contributed by atoms with Gasteiger partial charge < -0.3 is 34.1 Å². The molecule has 2 saturated heterocycles. The normalized spacial score (nSPS) is 24.5. The molecule has 4 heterocycles. The lowest BCUT2D eigenvalue weighted by Gasteiger charge is -2.37. The quantitative estimate of drug-likeness (QED) is 0.212. The standard InChI is InChI=1S/C33H33N5O7/c1-32-26(44-31(42-3)45-32)24(18-39)43-29(32)38-19-34-25-27(38)35-30(36-28(25)40)37-33(20-10-6-4-7-11-20,21-12-8-5-9-13-21)22-14-16-23(41-2)17-15-22/h4-17,19,24,26,29,31,39H,18H2,1-3H3,(H2,35,36,37,40)/t24-,26-,29-,31?,32-/m1/s1. The number of hydrogen-bond acceptors (Lipinski definition) is 10. The largest absolute Gasteiger partial charge is 0.497 e. The van der Waals surface area contributed by atoms with E-state index in [1.165, 1.54) is 13.4 Å². The van der Waals surface area contributed by atoms with E-state index in [9.17, 15) is 9.90 Å². The highest BCUT2D eigenvalue weighted by Crippen LogP contribution is 2.48. The number of H-pyrrole nitrogens is 1. The number of benzene rings is 3. The van der Waals surface area contributed by atoms with Crippen LogP contribution in [-0.4, -0.2) is 69.7 Å². The van der Waals surface area contributed by atoms with Gasteiger partial charge in [-0.15, -0.1) is 0 Å². The van der Waals surface area contributed by atoms with Gasteiger partial charge in [-0.25, -0.2) is 4.98 Å². The van der Waals surface area contributed by atoms with Crippen molar-refractivity contribution >= 4 is 17.1 Å². The molecule has 3 N–H and O–H groups in total. The summed E-state index contributed by atoms with van der Waals surface area (Å²) >= 11 is 0. The fourth-order valence-electron chi connectivity index (χ4n) is 6.44. The van der Waals surface area contributed by atoms with Crippen molar-refractivity contribution in [2.24, 2.45) is 0 Å². The number of anilines is 1. The van der Waals surface area contributed by atoms with Gasteiger partial charge in [0.25, 0.3) is 12.0 Å². The van der Waals surface area contributed by atoms with Gasteiger partial charge >= 0.3 is 0 Å². The molecule has 45 heavy (non-hydrogen) atoms. The summed E-state index contributed by atoms with van der Waals surface area (Å²) in [5.41, 5.74) is 0.607. The van der Waals surface area contributed by atoms with Crippen LogP contribution in [0, 0.1) is 0 Å². The van der Waals surface area contributed by atoms with E-state index in [0.717, 1.165) is 16.7 Å². The summed E-state index contributed by atoms with van der Waals surface area (Å²) in [6, 6.07) is 27.6. The predicted octanol–water partition coefficient (Wildman–Crippen LogP) is 3.53. The van der Waals surface area contributed by atoms with Crippen LogP contribution in [0.4, 0.5) is 5.95 Å². The number of aliphatic hydroxyl groups is 1. The van der Waals surface area contributed by atoms with Crippen LogP contribution in [-0.2, 0) is 24.5 Å². The van der Waals surface area contributed by atoms with Gasteiger partial charge in [0.2, 0.25) is 5.95 Å². The molecule has 0 saturated carbocycles. The second-order valence-electron chi connectivity index (χ2n) is 11.2. The number of aromatic nitrogens is 4. The zero-order valence-electron chi connectivity index (χ0n) is 24.9. The van der Waals surface area contributed by atoms with Crippen LogP contribution in [0.2, 0.25) is 0 Å². The first-order chi connectivity index (χ1) is 21.9. The molecule has 3 aromatic carbocycles. The number of aromatic amines is 1. The number of fused-ring (bicyclic) bond motifs is 2. The average Bonchev–Trinajstić information content (AvgIpc) is 3.74. The Labute approximate surface area is 258 Å². The molecule has 12 nitrogen and oxygen atoms in total. The van der Waals surface area contributed by atoms with Crippen molar-refractivity contribution in [3.63, 3.8) is 0 Å². The number of nitrogens with zero attached hydrogens (tertiary/aromatic N) is 3. The topological polar surface area (TPSA) is 142 Å². The molecule has 5 atom stereocenters. The van der Waals surface area contributed by atoms with E-state index in [1.54, 1.807) is 11.7 Å². The molecule has 7 rings (SSSR count). The van der Waals surface area contributed by atoms with E-state index in [1.807, 2.05) is 91.9 Å². The number of rotatable bonds is 9. The number of ether oxygens (including phenoxy) is 5. The summed E-state index contributed by atoms with van der Waals surface area (Å²) in [4.78, 5) is 25.7.